The van der Waals surface area contributed by atoms with E-state index in [1.54, 1.807) is 6.07 Å². The summed E-state index contributed by atoms with van der Waals surface area (Å²) in [5, 5.41) is 11.8. The molecule has 0 N–H and O–H groups in total. The molecule has 1 aromatic heterocycles. The van der Waals surface area contributed by atoms with Gasteiger partial charge < -0.3 is 4.57 Å². The minimum absolute atomic E-state index is 0.0685. The predicted molar refractivity (Wildman–Crippen MR) is 118 cm³/mol. The average molecular weight is 434 g/mol. The van der Waals surface area contributed by atoms with Gasteiger partial charge >= 0.3 is 0 Å². The summed E-state index contributed by atoms with van der Waals surface area (Å²) in [7, 11) is 0. The number of nitro groups is 1. The van der Waals surface area contributed by atoms with Gasteiger partial charge in [-0.1, -0.05) is 36.4 Å². The number of ketones is 1. The second-order valence-electron chi connectivity index (χ2n) is 7.66. The van der Waals surface area contributed by atoms with Crippen molar-refractivity contribution in [3.05, 3.63) is 111 Å². The van der Waals surface area contributed by atoms with Gasteiger partial charge in [-0.25, -0.2) is 8.78 Å². The maximum absolute atomic E-state index is 13.5. The van der Waals surface area contributed by atoms with Crippen LogP contribution in [0, 0.1) is 28.7 Å². The van der Waals surface area contributed by atoms with Crippen molar-refractivity contribution >= 4 is 22.4 Å². The number of non-ortho nitro benzene ring substituents is 1. The zero-order valence-corrected chi connectivity index (χ0v) is 17.3. The number of halogens is 2. The van der Waals surface area contributed by atoms with Crippen molar-refractivity contribution in [2.24, 2.45) is 0 Å². The molecule has 7 heteroatoms. The van der Waals surface area contributed by atoms with E-state index in [0.717, 1.165) is 23.2 Å². The highest BCUT2D eigenvalue weighted by Gasteiger charge is 2.22. The van der Waals surface area contributed by atoms with Gasteiger partial charge in [-0.3, -0.25) is 14.9 Å². The Morgan fingerprint density at radius 2 is 1.72 bits per heavy atom. The third kappa shape index (κ3) is 4.14. The summed E-state index contributed by atoms with van der Waals surface area (Å²) in [6.07, 6.45) is 0.300. The Morgan fingerprint density at radius 1 is 0.969 bits per heavy atom. The normalized spacial score (nSPS) is 11.1. The van der Waals surface area contributed by atoms with Crippen molar-refractivity contribution in [1.82, 2.24) is 4.57 Å². The smallest absolute Gasteiger partial charge is 0.270 e. The van der Waals surface area contributed by atoms with E-state index < -0.39 is 16.6 Å². The molecule has 0 radical (unpaired) electrons. The highest BCUT2D eigenvalue weighted by atomic mass is 19.2. The fourth-order valence-electron chi connectivity index (χ4n) is 3.98. The molecule has 32 heavy (non-hydrogen) atoms. The first-order valence-corrected chi connectivity index (χ1v) is 10.1. The molecule has 0 fully saturated rings. The number of aromatic nitrogens is 1. The number of carbonyl (C=O) groups is 1. The van der Waals surface area contributed by atoms with E-state index in [1.165, 1.54) is 18.2 Å². The van der Waals surface area contributed by atoms with Crippen LogP contribution in [0.4, 0.5) is 14.5 Å². The van der Waals surface area contributed by atoms with Crippen LogP contribution >= 0.6 is 0 Å². The molecule has 0 saturated heterocycles. The number of benzene rings is 3. The molecule has 162 valence electrons. The summed E-state index contributed by atoms with van der Waals surface area (Å²) >= 11 is 0. The molecule has 4 aromatic rings. The number of fused-ring (bicyclic) bond motifs is 1. The minimum Gasteiger partial charge on any atom is -0.340 e. The van der Waals surface area contributed by atoms with E-state index in [2.05, 4.69) is 0 Å². The molecule has 0 aliphatic heterocycles. The first-order chi connectivity index (χ1) is 15.3. The highest BCUT2D eigenvalue weighted by molar-refractivity contribution is 6.10. The number of Topliss-reactive ketones (excluding diaryl/α,β-unsaturated/α-hetero) is 1. The second kappa shape index (κ2) is 8.70. The number of hydrogen-bond donors (Lipinski definition) is 0. The molecule has 1 heterocycles. The van der Waals surface area contributed by atoms with Gasteiger partial charge in [0.1, 0.15) is 0 Å². The van der Waals surface area contributed by atoms with Gasteiger partial charge in [0, 0.05) is 47.3 Å². The van der Waals surface area contributed by atoms with Crippen LogP contribution in [0.15, 0.2) is 66.7 Å². The largest absolute Gasteiger partial charge is 0.340 e. The zero-order chi connectivity index (χ0) is 22.8. The SMILES string of the molecule is Cc1c(C(=O)CCc2ccc(F)c(F)c2)c2cc([N+](=O)[O-])ccc2n1Cc1ccccc1. The monoisotopic (exact) mass is 434 g/mol. The molecular weight excluding hydrogens is 414 g/mol. The molecule has 0 aliphatic rings. The van der Waals surface area contributed by atoms with Gasteiger partial charge in [0.15, 0.2) is 17.4 Å². The van der Waals surface area contributed by atoms with E-state index in [1.807, 2.05) is 41.8 Å². The summed E-state index contributed by atoms with van der Waals surface area (Å²) in [6, 6.07) is 17.8. The third-order valence-corrected chi connectivity index (χ3v) is 5.60. The van der Waals surface area contributed by atoms with Crippen LogP contribution in [-0.4, -0.2) is 15.3 Å². The number of nitrogens with zero attached hydrogens (tertiary/aromatic N) is 2. The Bertz CT molecular complexity index is 1330. The Hall–Kier alpha value is -3.87. The lowest BCUT2D eigenvalue weighted by atomic mass is 10.00. The molecule has 4 rings (SSSR count). The van der Waals surface area contributed by atoms with Gasteiger partial charge in [0.05, 0.1) is 4.92 Å². The zero-order valence-electron chi connectivity index (χ0n) is 17.3. The van der Waals surface area contributed by atoms with Gasteiger partial charge in [-0.05, 0) is 42.7 Å². The molecule has 0 aliphatic carbocycles. The van der Waals surface area contributed by atoms with Crippen molar-refractivity contribution in [3.63, 3.8) is 0 Å². The Balaban J connectivity index is 1.73. The lowest BCUT2D eigenvalue weighted by molar-refractivity contribution is -0.384. The van der Waals surface area contributed by atoms with Crippen LogP contribution in [0.1, 0.15) is 33.6 Å². The fraction of sp³-hybridized carbons (Fsp3) is 0.160. The van der Waals surface area contributed by atoms with Crippen LogP contribution in [0.5, 0.6) is 0 Å². The Labute approximate surface area is 183 Å². The maximum Gasteiger partial charge on any atom is 0.270 e. The molecule has 0 amide bonds. The molecule has 5 nitrogen and oxygen atoms in total. The number of hydrogen-bond acceptors (Lipinski definition) is 3. The minimum atomic E-state index is -0.957. The Morgan fingerprint density at radius 3 is 2.41 bits per heavy atom. The number of nitro benzene ring substituents is 1. The van der Waals surface area contributed by atoms with Crippen LogP contribution in [0.3, 0.4) is 0 Å². The standard InChI is InChI=1S/C25H20F2N2O3/c1-16-25(24(30)12-8-17-7-10-21(26)22(27)13-17)20-14-19(29(31)32)9-11-23(20)28(16)15-18-5-3-2-4-6-18/h2-7,9-11,13-14H,8,12,15H2,1H3. The molecule has 0 unspecified atom stereocenters. The summed E-state index contributed by atoms with van der Waals surface area (Å²) in [4.78, 5) is 24.0. The number of carbonyl (C=O) groups excluding carboxylic acids is 1. The van der Waals surface area contributed by atoms with Gasteiger partial charge in [-0.2, -0.15) is 0 Å². The average Bonchev–Trinajstić information content (AvgIpc) is 3.05. The Kier molecular flexibility index (Phi) is 5.81. The molecule has 0 spiro atoms. The van der Waals surface area contributed by atoms with E-state index in [9.17, 15) is 23.7 Å². The van der Waals surface area contributed by atoms with Crippen molar-refractivity contribution < 1.29 is 18.5 Å². The van der Waals surface area contributed by atoms with Gasteiger partial charge in [0.25, 0.3) is 5.69 Å². The maximum atomic E-state index is 13.5. The first-order valence-electron chi connectivity index (χ1n) is 10.1. The van der Waals surface area contributed by atoms with Gasteiger partial charge in [0.2, 0.25) is 0 Å². The summed E-state index contributed by atoms with van der Waals surface area (Å²) in [5.41, 5.74) is 3.31. The van der Waals surface area contributed by atoms with Crippen LogP contribution in [-0.2, 0) is 13.0 Å². The highest BCUT2D eigenvalue weighted by Crippen LogP contribution is 2.31. The van der Waals surface area contributed by atoms with E-state index in [4.69, 9.17) is 0 Å². The molecular formula is C25H20F2N2O3. The first kappa shape index (κ1) is 21.4. The van der Waals surface area contributed by atoms with E-state index >= 15 is 0 Å². The van der Waals surface area contributed by atoms with E-state index in [0.29, 0.717) is 28.8 Å². The molecule has 3 aromatic carbocycles. The summed E-state index contributed by atoms with van der Waals surface area (Å²) in [6.45, 7) is 2.33. The topological polar surface area (TPSA) is 65.1 Å². The number of aryl methyl sites for hydroxylation is 1. The quantitative estimate of drug-likeness (QED) is 0.204. The summed E-state index contributed by atoms with van der Waals surface area (Å²) in [5.74, 6) is -2.10. The van der Waals surface area contributed by atoms with Gasteiger partial charge in [-0.15, -0.1) is 0 Å². The summed E-state index contributed by atoms with van der Waals surface area (Å²) < 4.78 is 28.6. The molecule has 0 atom stereocenters. The lowest BCUT2D eigenvalue weighted by Gasteiger charge is -2.09. The third-order valence-electron chi connectivity index (χ3n) is 5.60. The fourth-order valence-corrected chi connectivity index (χ4v) is 3.98. The van der Waals surface area contributed by atoms with Crippen LogP contribution < -0.4 is 0 Å². The molecule has 0 saturated carbocycles. The van der Waals surface area contributed by atoms with Crippen LogP contribution in [0.25, 0.3) is 10.9 Å². The van der Waals surface area contributed by atoms with Crippen molar-refractivity contribution in [2.45, 2.75) is 26.3 Å². The van der Waals surface area contributed by atoms with Crippen LogP contribution in [0.2, 0.25) is 0 Å². The van der Waals surface area contributed by atoms with Crippen molar-refractivity contribution in [1.29, 1.82) is 0 Å². The predicted octanol–water partition coefficient (Wildman–Crippen LogP) is 6.00. The lowest BCUT2D eigenvalue weighted by Crippen LogP contribution is -2.06. The van der Waals surface area contributed by atoms with E-state index in [-0.39, 0.29) is 24.3 Å². The van der Waals surface area contributed by atoms with Crippen molar-refractivity contribution in [3.8, 4) is 0 Å². The second-order valence-corrected chi connectivity index (χ2v) is 7.66. The van der Waals surface area contributed by atoms with Crippen molar-refractivity contribution in [2.75, 3.05) is 0 Å². The number of rotatable bonds is 7. The molecule has 0 bridgehead atoms.